The highest BCUT2D eigenvalue weighted by Crippen LogP contribution is 2.19. The molecule has 2 aromatic rings. The summed E-state index contributed by atoms with van der Waals surface area (Å²) in [6.07, 6.45) is 0. The Balaban J connectivity index is 1.95. The highest BCUT2D eigenvalue weighted by molar-refractivity contribution is 5.88. The Morgan fingerprint density at radius 2 is 1.86 bits per heavy atom. The summed E-state index contributed by atoms with van der Waals surface area (Å²) in [6.45, 7) is 3.62. The molecule has 2 aromatic carbocycles. The van der Waals surface area contributed by atoms with Gasteiger partial charge in [-0.25, -0.2) is 9.59 Å². The first-order valence-corrected chi connectivity index (χ1v) is 6.70. The van der Waals surface area contributed by atoms with E-state index in [-0.39, 0.29) is 17.9 Å². The fourth-order valence-corrected chi connectivity index (χ4v) is 1.95. The van der Waals surface area contributed by atoms with E-state index in [0.29, 0.717) is 5.75 Å². The Kier molecular flexibility index (Phi) is 4.78. The van der Waals surface area contributed by atoms with Gasteiger partial charge in [-0.1, -0.05) is 23.8 Å². The van der Waals surface area contributed by atoms with Gasteiger partial charge >= 0.3 is 11.9 Å². The van der Waals surface area contributed by atoms with Crippen LogP contribution in [0.1, 0.15) is 21.5 Å². The first-order valence-electron chi connectivity index (χ1n) is 6.70. The van der Waals surface area contributed by atoms with Gasteiger partial charge in [0.05, 0.1) is 5.56 Å². The second-order valence-corrected chi connectivity index (χ2v) is 4.86. The fraction of sp³-hybridized carbons (Fsp3) is 0.176. The van der Waals surface area contributed by atoms with Gasteiger partial charge in [0, 0.05) is 0 Å². The van der Waals surface area contributed by atoms with Crippen molar-refractivity contribution in [3.63, 3.8) is 0 Å². The van der Waals surface area contributed by atoms with E-state index in [1.807, 2.05) is 26.0 Å². The van der Waals surface area contributed by atoms with E-state index in [1.165, 1.54) is 24.3 Å². The number of hydrogen-bond donors (Lipinski definition) is 1. The molecule has 0 atom stereocenters. The van der Waals surface area contributed by atoms with Crippen LogP contribution in [0.15, 0.2) is 42.5 Å². The third kappa shape index (κ3) is 4.09. The fourth-order valence-electron chi connectivity index (χ4n) is 1.95. The SMILES string of the molecule is Cc1ccc(OCC(=O)Oc2cccc(C(=O)O)c2)c(C)c1. The molecule has 0 aliphatic rings. The molecule has 2 rings (SSSR count). The standard InChI is InChI=1S/C17H16O5/c1-11-6-7-15(12(2)8-11)21-10-16(18)22-14-5-3-4-13(9-14)17(19)20/h3-9H,10H2,1-2H3,(H,19,20). The summed E-state index contributed by atoms with van der Waals surface area (Å²) >= 11 is 0. The monoisotopic (exact) mass is 300 g/mol. The average molecular weight is 300 g/mol. The molecule has 0 aliphatic carbocycles. The van der Waals surface area contributed by atoms with Crippen LogP contribution in [0.3, 0.4) is 0 Å². The number of esters is 1. The van der Waals surface area contributed by atoms with E-state index >= 15 is 0 Å². The predicted molar refractivity (Wildman–Crippen MR) is 80.4 cm³/mol. The number of carbonyl (C=O) groups is 2. The first kappa shape index (κ1) is 15.6. The van der Waals surface area contributed by atoms with Crippen molar-refractivity contribution in [1.29, 1.82) is 0 Å². The van der Waals surface area contributed by atoms with Crippen molar-refractivity contribution in [3.8, 4) is 11.5 Å². The molecule has 0 amide bonds. The number of aryl methyl sites for hydroxylation is 2. The van der Waals surface area contributed by atoms with Crippen molar-refractivity contribution in [2.45, 2.75) is 13.8 Å². The van der Waals surface area contributed by atoms with Gasteiger partial charge in [-0.3, -0.25) is 0 Å². The lowest BCUT2D eigenvalue weighted by atomic mass is 10.1. The van der Waals surface area contributed by atoms with E-state index in [4.69, 9.17) is 14.6 Å². The van der Waals surface area contributed by atoms with Crippen LogP contribution in [0, 0.1) is 13.8 Å². The molecule has 22 heavy (non-hydrogen) atoms. The van der Waals surface area contributed by atoms with Crippen molar-refractivity contribution in [2.24, 2.45) is 0 Å². The van der Waals surface area contributed by atoms with Crippen LogP contribution in [-0.2, 0) is 4.79 Å². The summed E-state index contributed by atoms with van der Waals surface area (Å²) in [4.78, 5) is 22.6. The topological polar surface area (TPSA) is 72.8 Å². The minimum absolute atomic E-state index is 0.0561. The van der Waals surface area contributed by atoms with Crippen LogP contribution < -0.4 is 9.47 Å². The lowest BCUT2D eigenvalue weighted by molar-refractivity contribution is -0.136. The Bertz CT molecular complexity index is 706. The lowest BCUT2D eigenvalue weighted by Crippen LogP contribution is -2.18. The van der Waals surface area contributed by atoms with Crippen LogP contribution in [0.25, 0.3) is 0 Å². The Labute approximate surface area is 128 Å². The van der Waals surface area contributed by atoms with Gasteiger partial charge in [0.1, 0.15) is 11.5 Å². The van der Waals surface area contributed by atoms with Crippen LogP contribution in [0.5, 0.6) is 11.5 Å². The van der Waals surface area contributed by atoms with Gasteiger partial charge in [0.25, 0.3) is 0 Å². The summed E-state index contributed by atoms with van der Waals surface area (Å²) in [6, 6.07) is 11.4. The van der Waals surface area contributed by atoms with E-state index in [9.17, 15) is 9.59 Å². The minimum atomic E-state index is -1.08. The zero-order valence-corrected chi connectivity index (χ0v) is 12.3. The molecule has 5 nitrogen and oxygen atoms in total. The smallest absolute Gasteiger partial charge is 0.349 e. The van der Waals surface area contributed by atoms with Crippen LogP contribution in [-0.4, -0.2) is 23.7 Å². The Morgan fingerprint density at radius 3 is 2.55 bits per heavy atom. The summed E-state index contributed by atoms with van der Waals surface area (Å²) in [5, 5.41) is 8.88. The molecule has 0 saturated carbocycles. The minimum Gasteiger partial charge on any atom is -0.482 e. The second-order valence-electron chi connectivity index (χ2n) is 4.86. The average Bonchev–Trinajstić information content (AvgIpc) is 2.46. The molecule has 0 unspecified atom stereocenters. The second kappa shape index (κ2) is 6.76. The molecule has 0 bridgehead atoms. The van der Waals surface area contributed by atoms with Crippen LogP contribution in [0.4, 0.5) is 0 Å². The zero-order chi connectivity index (χ0) is 16.1. The van der Waals surface area contributed by atoms with E-state index < -0.39 is 11.9 Å². The zero-order valence-electron chi connectivity index (χ0n) is 12.3. The van der Waals surface area contributed by atoms with Gasteiger partial charge in [-0.05, 0) is 43.7 Å². The summed E-state index contributed by atoms with van der Waals surface area (Å²) in [7, 11) is 0. The summed E-state index contributed by atoms with van der Waals surface area (Å²) in [5.74, 6) is -0.886. The van der Waals surface area contributed by atoms with Crippen LogP contribution >= 0.6 is 0 Å². The molecular formula is C17H16O5. The van der Waals surface area contributed by atoms with Crippen molar-refractivity contribution in [1.82, 2.24) is 0 Å². The first-order chi connectivity index (χ1) is 10.5. The molecule has 0 radical (unpaired) electrons. The number of carboxylic acid groups (broad SMARTS) is 1. The van der Waals surface area contributed by atoms with Gasteiger partial charge in [-0.2, -0.15) is 0 Å². The molecular weight excluding hydrogens is 284 g/mol. The van der Waals surface area contributed by atoms with E-state index in [0.717, 1.165) is 11.1 Å². The number of benzene rings is 2. The largest absolute Gasteiger partial charge is 0.482 e. The molecule has 5 heteroatoms. The molecule has 0 heterocycles. The van der Waals surface area contributed by atoms with Gasteiger partial charge in [0.2, 0.25) is 0 Å². The normalized spacial score (nSPS) is 10.1. The van der Waals surface area contributed by atoms with Gasteiger partial charge in [0.15, 0.2) is 6.61 Å². The molecule has 0 saturated heterocycles. The third-order valence-electron chi connectivity index (χ3n) is 2.99. The molecule has 114 valence electrons. The summed E-state index contributed by atoms with van der Waals surface area (Å²) < 4.78 is 10.5. The number of carboxylic acids is 1. The van der Waals surface area contributed by atoms with Crippen molar-refractivity contribution in [3.05, 3.63) is 59.2 Å². The Morgan fingerprint density at radius 1 is 1.09 bits per heavy atom. The maximum absolute atomic E-state index is 11.8. The van der Waals surface area contributed by atoms with Crippen LogP contribution in [0.2, 0.25) is 0 Å². The van der Waals surface area contributed by atoms with Gasteiger partial charge < -0.3 is 14.6 Å². The number of rotatable bonds is 5. The molecule has 0 aliphatic heterocycles. The van der Waals surface area contributed by atoms with Crippen molar-refractivity contribution < 1.29 is 24.2 Å². The molecule has 0 aromatic heterocycles. The Hall–Kier alpha value is -2.82. The van der Waals surface area contributed by atoms with E-state index in [2.05, 4.69) is 0 Å². The maximum atomic E-state index is 11.8. The molecule has 0 spiro atoms. The highest BCUT2D eigenvalue weighted by Gasteiger charge is 2.10. The number of ether oxygens (including phenoxy) is 2. The number of hydrogen-bond acceptors (Lipinski definition) is 4. The van der Waals surface area contributed by atoms with E-state index in [1.54, 1.807) is 6.07 Å². The van der Waals surface area contributed by atoms with Gasteiger partial charge in [-0.15, -0.1) is 0 Å². The number of aromatic carboxylic acids is 1. The maximum Gasteiger partial charge on any atom is 0.349 e. The summed E-state index contributed by atoms with van der Waals surface area (Å²) in [5.41, 5.74) is 2.10. The van der Waals surface area contributed by atoms with Crippen molar-refractivity contribution in [2.75, 3.05) is 6.61 Å². The van der Waals surface area contributed by atoms with Crippen molar-refractivity contribution >= 4 is 11.9 Å². The number of carbonyl (C=O) groups excluding carboxylic acids is 1. The third-order valence-corrected chi connectivity index (χ3v) is 2.99. The quantitative estimate of drug-likeness (QED) is 0.679. The lowest BCUT2D eigenvalue weighted by Gasteiger charge is -2.09. The predicted octanol–water partition coefficient (Wildman–Crippen LogP) is 2.99. The highest BCUT2D eigenvalue weighted by atomic mass is 16.6. The molecule has 1 N–H and O–H groups in total. The molecule has 0 fully saturated rings.